The normalized spacial score (nSPS) is 14.7. The van der Waals surface area contributed by atoms with Crippen LogP contribution in [0.1, 0.15) is 0 Å². The summed E-state index contributed by atoms with van der Waals surface area (Å²) in [5.74, 6) is 0.620. The molecule has 0 radical (unpaired) electrons. The average molecular weight is 336 g/mol. The molecule has 0 N–H and O–H groups in total. The van der Waals surface area contributed by atoms with Crippen molar-refractivity contribution in [2.75, 3.05) is 37.7 Å². The Kier molecular flexibility index (Phi) is 4.29. The molecule has 0 spiro atoms. The first-order valence-corrected chi connectivity index (χ1v) is 8.48. The van der Waals surface area contributed by atoms with Gasteiger partial charge >= 0.3 is 0 Å². The summed E-state index contributed by atoms with van der Waals surface area (Å²) >= 11 is 0. The molecule has 1 aromatic heterocycles. The highest BCUT2D eigenvalue weighted by Crippen LogP contribution is 2.26. The summed E-state index contributed by atoms with van der Waals surface area (Å²) in [6.45, 7) is 3.13. The number of fused-ring (bicyclic) bond motifs is 1. The van der Waals surface area contributed by atoms with Gasteiger partial charge in [-0.2, -0.15) is 0 Å². The van der Waals surface area contributed by atoms with Gasteiger partial charge in [-0.3, -0.25) is 4.79 Å². The van der Waals surface area contributed by atoms with E-state index in [1.54, 1.807) is 6.26 Å². The lowest BCUT2D eigenvalue weighted by Crippen LogP contribution is -2.50. The van der Waals surface area contributed by atoms with E-state index < -0.39 is 0 Å². The van der Waals surface area contributed by atoms with Crippen molar-refractivity contribution in [2.45, 2.75) is 0 Å². The van der Waals surface area contributed by atoms with E-state index in [-0.39, 0.29) is 12.5 Å². The maximum absolute atomic E-state index is 12.4. The number of hydrogen-bond donors (Lipinski definition) is 0. The van der Waals surface area contributed by atoms with E-state index in [0.29, 0.717) is 24.4 Å². The number of hydrogen-bond acceptors (Lipinski definition) is 4. The zero-order valence-corrected chi connectivity index (χ0v) is 13.9. The molecule has 1 aliphatic rings. The predicted octanol–water partition coefficient (Wildman–Crippen LogP) is 3.16. The lowest BCUT2D eigenvalue weighted by Gasteiger charge is -2.36. The van der Waals surface area contributed by atoms with Crippen molar-refractivity contribution in [1.29, 1.82) is 0 Å². The maximum atomic E-state index is 12.4. The standard InChI is InChI=1S/C20H20N2O3/c23-19(15-25-18-8-4-5-16-9-14-24-20(16)18)22-12-10-21(11-13-22)17-6-2-1-3-7-17/h1-9,14H,10-13,15H2. The van der Waals surface area contributed by atoms with Crippen molar-refractivity contribution in [3.8, 4) is 5.75 Å². The summed E-state index contributed by atoms with van der Waals surface area (Å²) in [4.78, 5) is 16.6. The molecular weight excluding hydrogens is 316 g/mol. The van der Waals surface area contributed by atoms with Gasteiger partial charge < -0.3 is 19.0 Å². The number of carbonyl (C=O) groups is 1. The van der Waals surface area contributed by atoms with E-state index in [4.69, 9.17) is 9.15 Å². The predicted molar refractivity (Wildman–Crippen MR) is 96.9 cm³/mol. The third-order valence-corrected chi connectivity index (χ3v) is 4.55. The first-order chi connectivity index (χ1) is 12.3. The van der Waals surface area contributed by atoms with E-state index in [0.717, 1.165) is 18.5 Å². The Labute approximate surface area is 146 Å². The fourth-order valence-electron chi connectivity index (χ4n) is 3.16. The van der Waals surface area contributed by atoms with Crippen LogP contribution in [0.3, 0.4) is 0 Å². The highest BCUT2D eigenvalue weighted by Gasteiger charge is 2.21. The number of anilines is 1. The van der Waals surface area contributed by atoms with Crippen LogP contribution >= 0.6 is 0 Å². The molecule has 0 bridgehead atoms. The number of furan rings is 1. The second-order valence-corrected chi connectivity index (χ2v) is 6.09. The van der Waals surface area contributed by atoms with Crippen LogP contribution in [0.5, 0.6) is 5.75 Å². The van der Waals surface area contributed by atoms with Crippen LogP contribution in [0.15, 0.2) is 65.3 Å². The highest BCUT2D eigenvalue weighted by atomic mass is 16.5. The third kappa shape index (κ3) is 3.31. The summed E-state index contributed by atoms with van der Waals surface area (Å²) in [7, 11) is 0. The number of piperazine rings is 1. The van der Waals surface area contributed by atoms with Crippen molar-refractivity contribution in [1.82, 2.24) is 4.90 Å². The molecule has 1 saturated heterocycles. The third-order valence-electron chi connectivity index (χ3n) is 4.55. The molecule has 1 aliphatic heterocycles. The van der Waals surface area contributed by atoms with Crippen LogP contribution in [0.4, 0.5) is 5.69 Å². The minimum absolute atomic E-state index is 0.0104. The summed E-state index contributed by atoms with van der Waals surface area (Å²) in [5, 5.41) is 0.974. The largest absolute Gasteiger partial charge is 0.480 e. The molecule has 0 aliphatic carbocycles. The molecule has 25 heavy (non-hydrogen) atoms. The summed E-state index contributed by atoms with van der Waals surface area (Å²) < 4.78 is 11.1. The van der Waals surface area contributed by atoms with Gasteiger partial charge in [-0.1, -0.05) is 30.3 Å². The molecule has 2 heterocycles. The Morgan fingerprint density at radius 1 is 0.960 bits per heavy atom. The van der Waals surface area contributed by atoms with Gasteiger partial charge in [0.15, 0.2) is 17.9 Å². The smallest absolute Gasteiger partial charge is 0.260 e. The zero-order valence-electron chi connectivity index (χ0n) is 13.9. The number of benzene rings is 2. The first-order valence-electron chi connectivity index (χ1n) is 8.48. The van der Waals surface area contributed by atoms with Gasteiger partial charge in [0.25, 0.3) is 5.91 Å². The minimum Gasteiger partial charge on any atom is -0.480 e. The Morgan fingerprint density at radius 2 is 1.76 bits per heavy atom. The Hall–Kier alpha value is -2.95. The fraction of sp³-hybridized carbons (Fsp3) is 0.250. The van der Waals surface area contributed by atoms with Gasteiger partial charge in [0.1, 0.15) is 0 Å². The van der Waals surface area contributed by atoms with Gasteiger partial charge in [0.05, 0.1) is 6.26 Å². The molecule has 3 aromatic rings. The molecule has 0 saturated carbocycles. The van der Waals surface area contributed by atoms with Crippen molar-refractivity contribution in [3.63, 3.8) is 0 Å². The van der Waals surface area contributed by atoms with E-state index in [1.165, 1.54) is 5.69 Å². The van der Waals surface area contributed by atoms with Gasteiger partial charge in [0.2, 0.25) is 0 Å². The van der Waals surface area contributed by atoms with Gasteiger partial charge in [0, 0.05) is 37.3 Å². The molecule has 128 valence electrons. The van der Waals surface area contributed by atoms with E-state index >= 15 is 0 Å². The summed E-state index contributed by atoms with van der Waals surface area (Å²) in [5.41, 5.74) is 1.89. The summed E-state index contributed by atoms with van der Waals surface area (Å²) in [6, 6.07) is 17.9. The molecule has 4 rings (SSSR count). The molecule has 0 atom stereocenters. The number of carbonyl (C=O) groups excluding carboxylic acids is 1. The Bertz CT molecular complexity index is 852. The lowest BCUT2D eigenvalue weighted by atomic mass is 10.2. The fourth-order valence-corrected chi connectivity index (χ4v) is 3.16. The summed E-state index contributed by atoms with van der Waals surface area (Å²) in [6.07, 6.45) is 1.63. The molecule has 5 nitrogen and oxygen atoms in total. The number of ether oxygens (including phenoxy) is 1. The Morgan fingerprint density at radius 3 is 2.56 bits per heavy atom. The van der Waals surface area contributed by atoms with Gasteiger partial charge in [-0.25, -0.2) is 0 Å². The second-order valence-electron chi connectivity index (χ2n) is 6.09. The van der Waals surface area contributed by atoms with Gasteiger partial charge in [-0.15, -0.1) is 0 Å². The quantitative estimate of drug-likeness (QED) is 0.734. The van der Waals surface area contributed by atoms with Crippen LogP contribution < -0.4 is 9.64 Å². The zero-order chi connectivity index (χ0) is 17.1. The van der Waals surface area contributed by atoms with Gasteiger partial charge in [-0.05, 0) is 24.3 Å². The van der Waals surface area contributed by atoms with Crippen LogP contribution in [-0.4, -0.2) is 43.6 Å². The highest BCUT2D eigenvalue weighted by molar-refractivity contribution is 5.84. The molecule has 5 heteroatoms. The monoisotopic (exact) mass is 336 g/mol. The molecule has 0 unspecified atom stereocenters. The van der Waals surface area contributed by atoms with E-state index in [9.17, 15) is 4.79 Å². The molecular formula is C20H20N2O3. The lowest BCUT2D eigenvalue weighted by molar-refractivity contribution is -0.133. The van der Waals surface area contributed by atoms with E-state index in [2.05, 4.69) is 17.0 Å². The van der Waals surface area contributed by atoms with Crippen LogP contribution in [0, 0.1) is 0 Å². The average Bonchev–Trinajstić information content (AvgIpc) is 3.16. The number of rotatable bonds is 4. The van der Waals surface area contributed by atoms with Crippen molar-refractivity contribution >= 4 is 22.6 Å². The van der Waals surface area contributed by atoms with Crippen LogP contribution in [0.2, 0.25) is 0 Å². The SMILES string of the molecule is O=C(COc1cccc2ccoc12)N1CCN(c2ccccc2)CC1. The first kappa shape index (κ1) is 15.6. The maximum Gasteiger partial charge on any atom is 0.260 e. The van der Waals surface area contributed by atoms with Crippen LogP contribution in [0.25, 0.3) is 11.0 Å². The Balaban J connectivity index is 1.33. The topological polar surface area (TPSA) is 45.9 Å². The van der Waals surface area contributed by atoms with Crippen molar-refractivity contribution < 1.29 is 13.9 Å². The van der Waals surface area contributed by atoms with Crippen molar-refractivity contribution in [2.24, 2.45) is 0 Å². The molecule has 2 aromatic carbocycles. The van der Waals surface area contributed by atoms with Crippen molar-refractivity contribution in [3.05, 3.63) is 60.9 Å². The number of para-hydroxylation sites is 2. The molecule has 1 amide bonds. The van der Waals surface area contributed by atoms with E-state index in [1.807, 2.05) is 47.4 Å². The molecule has 1 fully saturated rings. The number of amides is 1. The second kappa shape index (κ2) is 6.89. The van der Waals surface area contributed by atoms with Crippen LogP contribution in [-0.2, 0) is 4.79 Å². The minimum atomic E-state index is 0.0104. The number of nitrogens with zero attached hydrogens (tertiary/aromatic N) is 2.